The van der Waals surface area contributed by atoms with Crippen LogP contribution in [0.2, 0.25) is 0 Å². The second-order valence-electron chi connectivity index (χ2n) is 2.03. The van der Waals surface area contributed by atoms with Crippen molar-refractivity contribution in [2.45, 2.75) is 26.7 Å². The molecule has 0 aromatic rings. The van der Waals surface area contributed by atoms with Crippen LogP contribution in [0.25, 0.3) is 0 Å². The first kappa shape index (κ1) is 7.54. The molecule has 0 bridgehead atoms. The molecule has 0 amide bonds. The van der Waals surface area contributed by atoms with Gasteiger partial charge in [0, 0.05) is 7.05 Å². The molecule has 1 heteroatoms. The molecule has 0 radical (unpaired) electrons. The van der Waals surface area contributed by atoms with Crippen LogP contribution < -0.4 is 5.32 Å². The van der Waals surface area contributed by atoms with E-state index in [0.717, 1.165) is 0 Å². The largest absolute Gasteiger partial charge is 0.394 e. The lowest BCUT2D eigenvalue weighted by Crippen LogP contribution is -1.93. The Bertz CT molecular complexity index is 74.5. The Labute approximate surface area is 51.8 Å². The third-order valence-electron chi connectivity index (χ3n) is 1.04. The monoisotopic (exact) mass is 113 g/mol. The zero-order valence-electron chi connectivity index (χ0n) is 5.99. The molecule has 0 unspecified atom stereocenters. The van der Waals surface area contributed by atoms with Crippen LogP contribution in [0.1, 0.15) is 26.7 Å². The van der Waals surface area contributed by atoms with Crippen LogP contribution in [0.15, 0.2) is 11.8 Å². The molecule has 0 aliphatic rings. The van der Waals surface area contributed by atoms with Gasteiger partial charge >= 0.3 is 0 Å². The third-order valence-corrected chi connectivity index (χ3v) is 1.04. The maximum atomic E-state index is 2.99. The number of hydrogen-bond acceptors (Lipinski definition) is 1. The zero-order valence-corrected chi connectivity index (χ0v) is 5.99. The van der Waals surface area contributed by atoms with Crippen molar-refractivity contribution in [2.24, 2.45) is 0 Å². The fraction of sp³-hybridized carbons (Fsp3) is 0.714. The quantitative estimate of drug-likeness (QED) is 0.589. The van der Waals surface area contributed by atoms with E-state index in [1.807, 2.05) is 13.2 Å². The molecule has 0 saturated heterocycles. The van der Waals surface area contributed by atoms with Crippen molar-refractivity contribution >= 4 is 0 Å². The normalized spacial score (nSPS) is 11.6. The van der Waals surface area contributed by atoms with Gasteiger partial charge in [0.05, 0.1) is 0 Å². The maximum Gasteiger partial charge on any atom is 0.00276 e. The summed E-state index contributed by atoms with van der Waals surface area (Å²) in [5.41, 5.74) is 1.43. The maximum absolute atomic E-state index is 2.99. The summed E-state index contributed by atoms with van der Waals surface area (Å²) in [6, 6.07) is 0. The van der Waals surface area contributed by atoms with Crippen molar-refractivity contribution in [3.63, 3.8) is 0 Å². The SMILES string of the molecule is CCC/C(C)=C/NC. The summed E-state index contributed by atoms with van der Waals surface area (Å²) < 4.78 is 0. The summed E-state index contributed by atoms with van der Waals surface area (Å²) in [7, 11) is 1.93. The fourth-order valence-electron chi connectivity index (χ4n) is 0.713. The van der Waals surface area contributed by atoms with Crippen LogP contribution in [0.5, 0.6) is 0 Å². The van der Waals surface area contributed by atoms with Crippen molar-refractivity contribution < 1.29 is 0 Å². The van der Waals surface area contributed by atoms with Gasteiger partial charge in [0.2, 0.25) is 0 Å². The minimum absolute atomic E-state index is 1.21. The molecule has 0 spiro atoms. The van der Waals surface area contributed by atoms with E-state index in [1.165, 1.54) is 18.4 Å². The molecular formula is C7H15N. The average molecular weight is 113 g/mol. The highest BCUT2D eigenvalue weighted by molar-refractivity contribution is 4.94. The number of rotatable bonds is 3. The van der Waals surface area contributed by atoms with E-state index in [1.54, 1.807) is 0 Å². The Kier molecular flexibility index (Phi) is 4.42. The highest BCUT2D eigenvalue weighted by Gasteiger charge is 1.82. The first-order chi connectivity index (χ1) is 3.81. The van der Waals surface area contributed by atoms with Gasteiger partial charge in [-0.25, -0.2) is 0 Å². The highest BCUT2D eigenvalue weighted by atomic mass is 14.8. The molecule has 0 atom stereocenters. The van der Waals surface area contributed by atoms with Gasteiger partial charge in [0.1, 0.15) is 0 Å². The summed E-state index contributed by atoms with van der Waals surface area (Å²) >= 11 is 0. The molecule has 0 saturated carbocycles. The number of nitrogens with one attached hydrogen (secondary N) is 1. The van der Waals surface area contributed by atoms with Gasteiger partial charge in [-0.3, -0.25) is 0 Å². The zero-order chi connectivity index (χ0) is 6.41. The Morgan fingerprint density at radius 2 is 2.25 bits per heavy atom. The smallest absolute Gasteiger partial charge is 0.00276 e. The summed E-state index contributed by atoms with van der Waals surface area (Å²) in [5, 5.41) is 2.99. The van der Waals surface area contributed by atoms with E-state index in [0.29, 0.717) is 0 Å². The Hall–Kier alpha value is -0.460. The summed E-state index contributed by atoms with van der Waals surface area (Å²) in [6.07, 6.45) is 4.49. The predicted octanol–water partition coefficient (Wildman–Crippen LogP) is 1.91. The van der Waals surface area contributed by atoms with Crippen LogP contribution in [0.3, 0.4) is 0 Å². The second kappa shape index (κ2) is 4.69. The van der Waals surface area contributed by atoms with Gasteiger partial charge < -0.3 is 5.32 Å². The van der Waals surface area contributed by atoms with E-state index >= 15 is 0 Å². The van der Waals surface area contributed by atoms with Gasteiger partial charge in [0.15, 0.2) is 0 Å². The molecule has 0 fully saturated rings. The van der Waals surface area contributed by atoms with E-state index in [-0.39, 0.29) is 0 Å². The van der Waals surface area contributed by atoms with Crippen molar-refractivity contribution in [1.29, 1.82) is 0 Å². The minimum Gasteiger partial charge on any atom is -0.394 e. The van der Waals surface area contributed by atoms with Crippen LogP contribution in [-0.4, -0.2) is 7.05 Å². The molecule has 1 N–H and O–H groups in total. The second-order valence-corrected chi connectivity index (χ2v) is 2.03. The van der Waals surface area contributed by atoms with E-state index in [4.69, 9.17) is 0 Å². The van der Waals surface area contributed by atoms with E-state index in [9.17, 15) is 0 Å². The molecule has 0 heterocycles. The lowest BCUT2D eigenvalue weighted by Gasteiger charge is -1.94. The Balaban J connectivity index is 3.29. The van der Waals surface area contributed by atoms with Crippen molar-refractivity contribution in [3.05, 3.63) is 11.8 Å². The topological polar surface area (TPSA) is 12.0 Å². The summed E-state index contributed by atoms with van der Waals surface area (Å²) in [4.78, 5) is 0. The molecule has 0 aliphatic carbocycles. The average Bonchev–Trinajstić information content (AvgIpc) is 1.68. The van der Waals surface area contributed by atoms with Crippen molar-refractivity contribution in [2.75, 3.05) is 7.05 Å². The van der Waals surface area contributed by atoms with E-state index < -0.39 is 0 Å². The molecule has 8 heavy (non-hydrogen) atoms. The van der Waals surface area contributed by atoms with Gasteiger partial charge in [-0.05, 0) is 19.5 Å². The molecule has 0 aliphatic heterocycles. The molecule has 0 rings (SSSR count). The van der Waals surface area contributed by atoms with Gasteiger partial charge in [-0.2, -0.15) is 0 Å². The molecule has 0 aromatic carbocycles. The molecule has 0 aromatic heterocycles. The van der Waals surface area contributed by atoms with Gasteiger partial charge in [0.25, 0.3) is 0 Å². The first-order valence-corrected chi connectivity index (χ1v) is 3.14. The molecular weight excluding hydrogens is 98.1 g/mol. The standard InChI is InChI=1S/C7H15N/c1-4-5-7(2)6-8-3/h6,8H,4-5H2,1-3H3/b7-6+. The van der Waals surface area contributed by atoms with Crippen LogP contribution >= 0.6 is 0 Å². The lowest BCUT2D eigenvalue weighted by atomic mass is 10.2. The molecule has 48 valence electrons. The van der Waals surface area contributed by atoms with Crippen molar-refractivity contribution in [3.8, 4) is 0 Å². The predicted molar refractivity (Wildman–Crippen MR) is 37.7 cm³/mol. The summed E-state index contributed by atoms with van der Waals surface area (Å²) in [6.45, 7) is 4.33. The Morgan fingerprint density at radius 3 is 2.62 bits per heavy atom. The third kappa shape index (κ3) is 3.72. The van der Waals surface area contributed by atoms with E-state index in [2.05, 4.69) is 19.2 Å². The number of allylic oxidation sites excluding steroid dienone is 1. The van der Waals surface area contributed by atoms with Crippen molar-refractivity contribution in [1.82, 2.24) is 5.32 Å². The van der Waals surface area contributed by atoms with Crippen LogP contribution in [0, 0.1) is 0 Å². The first-order valence-electron chi connectivity index (χ1n) is 3.14. The van der Waals surface area contributed by atoms with Crippen LogP contribution in [0.4, 0.5) is 0 Å². The minimum atomic E-state index is 1.21. The van der Waals surface area contributed by atoms with Gasteiger partial charge in [-0.15, -0.1) is 0 Å². The summed E-state index contributed by atoms with van der Waals surface area (Å²) in [5.74, 6) is 0. The highest BCUT2D eigenvalue weighted by Crippen LogP contribution is 1.99. The fourth-order valence-corrected chi connectivity index (χ4v) is 0.713. The number of hydrogen-bond donors (Lipinski definition) is 1. The Morgan fingerprint density at radius 1 is 1.62 bits per heavy atom. The van der Waals surface area contributed by atoms with Gasteiger partial charge in [-0.1, -0.05) is 18.9 Å². The van der Waals surface area contributed by atoms with Crippen LogP contribution in [-0.2, 0) is 0 Å². The molecule has 1 nitrogen and oxygen atoms in total. The lowest BCUT2D eigenvalue weighted by molar-refractivity contribution is 0.887.